The molecule has 138 valence electrons. The first-order valence-electron chi connectivity index (χ1n) is 9.77. The predicted molar refractivity (Wildman–Crippen MR) is 112 cm³/mol. The average Bonchev–Trinajstić information content (AvgIpc) is 3.16. The molecule has 4 rings (SSSR count). The summed E-state index contributed by atoms with van der Waals surface area (Å²) in [6.07, 6.45) is 4.71. The number of benzene rings is 2. The normalized spacial score (nSPS) is 16.1. The number of hydrogen-bond donors (Lipinski definition) is 1. The van der Waals surface area contributed by atoms with E-state index < -0.39 is 0 Å². The number of nitrogens with one attached hydrogen (secondary N) is 1. The fourth-order valence-corrected chi connectivity index (χ4v) is 5.02. The molecule has 0 bridgehead atoms. The molecule has 1 aliphatic rings. The van der Waals surface area contributed by atoms with Crippen molar-refractivity contribution in [2.75, 3.05) is 0 Å². The molecule has 1 N–H and O–H groups in total. The van der Waals surface area contributed by atoms with Gasteiger partial charge in [0.1, 0.15) is 0 Å². The molecular formula is C24H25NOS. The van der Waals surface area contributed by atoms with E-state index in [1.54, 1.807) is 11.3 Å². The van der Waals surface area contributed by atoms with E-state index in [0.29, 0.717) is 0 Å². The first kappa shape index (κ1) is 18.0. The zero-order valence-electron chi connectivity index (χ0n) is 15.7. The van der Waals surface area contributed by atoms with Crippen LogP contribution in [0.2, 0.25) is 0 Å². The van der Waals surface area contributed by atoms with E-state index in [1.807, 2.05) is 36.4 Å². The number of rotatable bonds is 5. The molecule has 1 atom stereocenters. The summed E-state index contributed by atoms with van der Waals surface area (Å²) >= 11 is 1.68. The highest BCUT2D eigenvalue weighted by atomic mass is 32.1. The van der Waals surface area contributed by atoms with Crippen LogP contribution in [-0.4, -0.2) is 5.91 Å². The van der Waals surface area contributed by atoms with Crippen molar-refractivity contribution < 1.29 is 4.79 Å². The first-order valence-corrected chi connectivity index (χ1v) is 10.6. The average molecular weight is 376 g/mol. The number of hydrogen-bond acceptors (Lipinski definition) is 2. The van der Waals surface area contributed by atoms with E-state index in [0.717, 1.165) is 34.8 Å². The van der Waals surface area contributed by atoms with Crippen molar-refractivity contribution in [1.29, 1.82) is 0 Å². The van der Waals surface area contributed by atoms with Crippen molar-refractivity contribution in [1.82, 2.24) is 5.32 Å². The van der Waals surface area contributed by atoms with Gasteiger partial charge in [0, 0.05) is 4.88 Å². The number of fused-ring (bicyclic) bond motifs is 1. The Morgan fingerprint density at radius 2 is 1.70 bits per heavy atom. The van der Waals surface area contributed by atoms with Crippen LogP contribution < -0.4 is 5.32 Å². The second-order valence-electron chi connectivity index (χ2n) is 7.30. The molecule has 0 saturated carbocycles. The quantitative estimate of drug-likeness (QED) is 0.601. The Kier molecular flexibility index (Phi) is 5.40. The van der Waals surface area contributed by atoms with E-state index in [9.17, 15) is 4.79 Å². The zero-order chi connectivity index (χ0) is 18.6. The molecule has 0 spiro atoms. The van der Waals surface area contributed by atoms with Crippen molar-refractivity contribution in [3.63, 3.8) is 0 Å². The molecule has 0 radical (unpaired) electrons. The smallest absolute Gasteiger partial charge is 0.262 e. The Labute approximate surface area is 165 Å². The van der Waals surface area contributed by atoms with Gasteiger partial charge in [0.05, 0.1) is 10.9 Å². The van der Waals surface area contributed by atoms with Gasteiger partial charge in [-0.3, -0.25) is 4.79 Å². The summed E-state index contributed by atoms with van der Waals surface area (Å²) in [5.74, 6) is 0.796. The second-order valence-corrected chi connectivity index (χ2v) is 8.44. The fraction of sp³-hybridized carbons (Fsp3) is 0.292. The van der Waals surface area contributed by atoms with E-state index in [4.69, 9.17) is 0 Å². The zero-order valence-corrected chi connectivity index (χ0v) is 16.5. The van der Waals surface area contributed by atoms with Crippen LogP contribution in [0.1, 0.15) is 57.0 Å². The molecule has 3 aromatic rings. The van der Waals surface area contributed by atoms with E-state index in [1.165, 1.54) is 23.3 Å². The predicted octanol–water partition coefficient (Wildman–Crippen LogP) is 5.78. The Bertz CT molecular complexity index is 861. The molecule has 2 aromatic carbocycles. The molecule has 2 nitrogen and oxygen atoms in total. The van der Waals surface area contributed by atoms with E-state index >= 15 is 0 Å². The van der Waals surface area contributed by atoms with Crippen molar-refractivity contribution in [2.45, 2.75) is 38.6 Å². The molecule has 0 fully saturated rings. The third kappa shape index (κ3) is 3.98. The van der Waals surface area contributed by atoms with Gasteiger partial charge in [0.15, 0.2) is 0 Å². The highest BCUT2D eigenvalue weighted by Crippen LogP contribution is 2.34. The first-order chi connectivity index (χ1) is 13.2. The summed E-state index contributed by atoms with van der Waals surface area (Å²) in [5.41, 5.74) is 3.59. The molecule has 0 unspecified atom stereocenters. The standard InChI is InChI=1S/C24H25NOS/c1-2-17-13-14-21-20(15-17)16-22(27-21)24(26)25-23(18-9-5-3-6-10-18)19-11-7-4-8-12-19/h3-12,16-17,23H,2,13-15H2,1H3,(H,25,26)/t17-/m1/s1. The van der Waals surface area contributed by atoms with Gasteiger partial charge in [-0.05, 0) is 47.9 Å². The van der Waals surface area contributed by atoms with Crippen molar-refractivity contribution in [3.05, 3.63) is 93.2 Å². The molecule has 1 amide bonds. The SMILES string of the molecule is CC[C@@H]1CCc2sc(C(=O)NC(c3ccccc3)c3ccccc3)cc2C1. The second kappa shape index (κ2) is 8.10. The van der Waals surface area contributed by atoms with Gasteiger partial charge >= 0.3 is 0 Å². The molecule has 0 saturated heterocycles. The third-order valence-corrected chi connectivity index (χ3v) is 6.76. The van der Waals surface area contributed by atoms with Crippen LogP contribution in [-0.2, 0) is 12.8 Å². The maximum absolute atomic E-state index is 13.1. The van der Waals surface area contributed by atoms with Gasteiger partial charge < -0.3 is 5.32 Å². The minimum Gasteiger partial charge on any atom is -0.340 e. The van der Waals surface area contributed by atoms with Crippen LogP contribution in [0.3, 0.4) is 0 Å². The minimum atomic E-state index is -0.137. The number of thiophene rings is 1. The number of carbonyl (C=O) groups excluding carboxylic acids is 1. The molecule has 0 aliphatic heterocycles. The Balaban J connectivity index is 1.59. The number of amides is 1. The van der Waals surface area contributed by atoms with Crippen LogP contribution in [0.25, 0.3) is 0 Å². The summed E-state index contributed by atoms with van der Waals surface area (Å²) in [7, 11) is 0. The van der Waals surface area contributed by atoms with Crippen molar-refractivity contribution in [3.8, 4) is 0 Å². The van der Waals surface area contributed by atoms with Gasteiger partial charge in [0.25, 0.3) is 5.91 Å². The molecule has 1 aliphatic carbocycles. The minimum absolute atomic E-state index is 0.0279. The van der Waals surface area contributed by atoms with E-state index in [-0.39, 0.29) is 11.9 Å². The summed E-state index contributed by atoms with van der Waals surface area (Å²) in [6.45, 7) is 2.26. The lowest BCUT2D eigenvalue weighted by atomic mass is 9.87. The molecular weight excluding hydrogens is 350 g/mol. The Morgan fingerprint density at radius 3 is 2.30 bits per heavy atom. The number of carbonyl (C=O) groups is 1. The monoisotopic (exact) mass is 375 g/mol. The van der Waals surface area contributed by atoms with Crippen LogP contribution in [0.4, 0.5) is 0 Å². The van der Waals surface area contributed by atoms with Crippen LogP contribution in [0, 0.1) is 5.92 Å². The van der Waals surface area contributed by atoms with E-state index in [2.05, 4.69) is 42.6 Å². The largest absolute Gasteiger partial charge is 0.340 e. The fourth-order valence-electron chi connectivity index (χ4n) is 3.91. The van der Waals surface area contributed by atoms with Crippen molar-refractivity contribution in [2.24, 2.45) is 5.92 Å². The lowest BCUT2D eigenvalue weighted by Crippen LogP contribution is -2.28. The summed E-state index contributed by atoms with van der Waals surface area (Å²) in [4.78, 5) is 15.3. The van der Waals surface area contributed by atoms with Crippen molar-refractivity contribution >= 4 is 17.2 Å². The van der Waals surface area contributed by atoms with Gasteiger partial charge in [-0.15, -0.1) is 11.3 Å². The van der Waals surface area contributed by atoms with Crippen LogP contribution in [0.15, 0.2) is 66.7 Å². The highest BCUT2D eigenvalue weighted by Gasteiger charge is 2.24. The lowest BCUT2D eigenvalue weighted by Gasteiger charge is -2.19. The maximum Gasteiger partial charge on any atom is 0.262 e. The molecule has 1 aromatic heterocycles. The maximum atomic E-state index is 13.1. The van der Waals surface area contributed by atoms with Gasteiger partial charge in [-0.2, -0.15) is 0 Å². The Morgan fingerprint density at radius 1 is 1.07 bits per heavy atom. The van der Waals surface area contributed by atoms with Crippen LogP contribution in [0.5, 0.6) is 0 Å². The Hall–Kier alpha value is -2.39. The number of aryl methyl sites for hydroxylation is 1. The van der Waals surface area contributed by atoms with Gasteiger partial charge in [0.2, 0.25) is 0 Å². The van der Waals surface area contributed by atoms with Crippen LogP contribution >= 0.6 is 11.3 Å². The lowest BCUT2D eigenvalue weighted by molar-refractivity contribution is 0.0947. The molecule has 27 heavy (non-hydrogen) atoms. The van der Waals surface area contributed by atoms with Gasteiger partial charge in [-0.1, -0.05) is 74.0 Å². The summed E-state index contributed by atoms with van der Waals surface area (Å²) in [5, 5.41) is 3.27. The topological polar surface area (TPSA) is 29.1 Å². The highest BCUT2D eigenvalue weighted by molar-refractivity contribution is 7.14. The van der Waals surface area contributed by atoms with Gasteiger partial charge in [-0.25, -0.2) is 0 Å². The molecule has 3 heteroatoms. The molecule has 1 heterocycles. The summed E-state index contributed by atoms with van der Waals surface area (Å²) < 4.78 is 0. The summed E-state index contributed by atoms with van der Waals surface area (Å²) in [6, 6.07) is 22.4. The third-order valence-electron chi connectivity index (χ3n) is 5.53.